The summed E-state index contributed by atoms with van der Waals surface area (Å²) in [6, 6.07) is 0. The van der Waals surface area contributed by atoms with E-state index in [-0.39, 0.29) is 0 Å². The fourth-order valence-electron chi connectivity index (χ4n) is 2.78. The molecule has 2 fully saturated rings. The molecule has 100 valence electrons. The highest BCUT2D eigenvalue weighted by Crippen LogP contribution is 2.28. The topological polar surface area (TPSA) is 46.6 Å². The van der Waals surface area contributed by atoms with Gasteiger partial charge in [0.15, 0.2) is 9.84 Å². The van der Waals surface area contributed by atoms with Crippen molar-refractivity contribution in [2.75, 3.05) is 44.9 Å². The van der Waals surface area contributed by atoms with Crippen LogP contribution in [0.1, 0.15) is 19.8 Å². The third-order valence-electron chi connectivity index (χ3n) is 3.80. The van der Waals surface area contributed by atoms with E-state index in [1.807, 2.05) is 0 Å². The van der Waals surface area contributed by atoms with Gasteiger partial charge in [0.1, 0.15) is 0 Å². The Morgan fingerprint density at radius 1 is 1.41 bits per heavy atom. The van der Waals surface area contributed by atoms with Crippen LogP contribution in [0.25, 0.3) is 0 Å². The Labute approximate surface area is 104 Å². The van der Waals surface area contributed by atoms with Crippen LogP contribution in [0.4, 0.5) is 0 Å². The first-order chi connectivity index (χ1) is 7.89. The summed E-state index contributed by atoms with van der Waals surface area (Å²) < 4.78 is 27.9. The maximum absolute atomic E-state index is 11.3. The lowest BCUT2D eigenvalue weighted by Gasteiger charge is -2.41. The molecule has 2 heterocycles. The molecule has 0 aliphatic carbocycles. The zero-order chi connectivity index (χ0) is 12.5. The molecular weight excluding hydrogens is 238 g/mol. The molecule has 1 atom stereocenters. The maximum Gasteiger partial charge on any atom is 0.150 e. The van der Waals surface area contributed by atoms with Gasteiger partial charge in [-0.15, -0.1) is 0 Å². The summed E-state index contributed by atoms with van der Waals surface area (Å²) in [5.41, 5.74) is 0.316. The minimum atomic E-state index is -2.71. The van der Waals surface area contributed by atoms with E-state index in [1.54, 1.807) is 0 Å². The SMILES string of the molecule is CN(CC[C@@H]1CCS(=O)(=O)C1)CC1(C)COC1. The van der Waals surface area contributed by atoms with Crippen molar-refractivity contribution in [2.24, 2.45) is 11.3 Å². The summed E-state index contributed by atoms with van der Waals surface area (Å²) >= 11 is 0. The average molecular weight is 261 g/mol. The van der Waals surface area contributed by atoms with Gasteiger partial charge in [-0.05, 0) is 32.4 Å². The van der Waals surface area contributed by atoms with Crippen molar-refractivity contribution in [1.82, 2.24) is 4.90 Å². The minimum Gasteiger partial charge on any atom is -0.380 e. The van der Waals surface area contributed by atoms with Gasteiger partial charge in [0.25, 0.3) is 0 Å². The van der Waals surface area contributed by atoms with E-state index in [0.29, 0.717) is 22.8 Å². The molecule has 2 aliphatic rings. The van der Waals surface area contributed by atoms with E-state index in [9.17, 15) is 8.42 Å². The summed E-state index contributed by atoms with van der Waals surface area (Å²) in [5.74, 6) is 1.18. The summed E-state index contributed by atoms with van der Waals surface area (Å²) in [6.07, 6.45) is 1.86. The molecule has 5 heteroatoms. The fraction of sp³-hybridized carbons (Fsp3) is 1.00. The van der Waals surface area contributed by atoms with Gasteiger partial charge in [-0.3, -0.25) is 0 Å². The second kappa shape index (κ2) is 4.86. The second-order valence-corrected chi connectivity index (χ2v) is 8.33. The van der Waals surface area contributed by atoms with Gasteiger partial charge < -0.3 is 9.64 Å². The average Bonchev–Trinajstić information content (AvgIpc) is 2.53. The van der Waals surface area contributed by atoms with Gasteiger partial charge in [-0.2, -0.15) is 0 Å². The summed E-state index contributed by atoms with van der Waals surface area (Å²) in [6.45, 7) is 6.00. The summed E-state index contributed by atoms with van der Waals surface area (Å²) in [7, 11) is -0.592. The Kier molecular flexibility index (Phi) is 3.80. The Balaban J connectivity index is 1.68. The molecular formula is C12H23NO3S. The predicted molar refractivity (Wildman–Crippen MR) is 67.8 cm³/mol. The first kappa shape index (κ1) is 13.3. The van der Waals surface area contributed by atoms with Gasteiger partial charge in [0, 0.05) is 12.0 Å². The van der Waals surface area contributed by atoms with E-state index in [0.717, 1.165) is 39.1 Å². The number of sulfone groups is 1. The standard InChI is InChI=1S/C12H23NO3S/c1-12(9-16-10-12)8-13(2)5-3-11-4-6-17(14,15)7-11/h11H,3-10H2,1-2H3/t11-/m1/s1. The molecule has 0 amide bonds. The first-order valence-corrected chi connectivity index (χ1v) is 8.17. The van der Waals surface area contributed by atoms with E-state index in [4.69, 9.17) is 4.74 Å². The monoisotopic (exact) mass is 261 g/mol. The zero-order valence-electron chi connectivity index (χ0n) is 10.8. The molecule has 0 bridgehead atoms. The van der Waals surface area contributed by atoms with Crippen LogP contribution in [-0.4, -0.2) is 58.2 Å². The zero-order valence-corrected chi connectivity index (χ0v) is 11.6. The third-order valence-corrected chi connectivity index (χ3v) is 5.64. The van der Waals surface area contributed by atoms with Crippen LogP contribution >= 0.6 is 0 Å². The molecule has 0 radical (unpaired) electrons. The molecule has 0 spiro atoms. The Bertz CT molecular complexity index is 362. The van der Waals surface area contributed by atoms with Crippen LogP contribution in [0, 0.1) is 11.3 Å². The smallest absolute Gasteiger partial charge is 0.150 e. The molecule has 17 heavy (non-hydrogen) atoms. The van der Waals surface area contributed by atoms with Crippen molar-refractivity contribution >= 4 is 9.84 Å². The highest BCUT2D eigenvalue weighted by Gasteiger charge is 2.34. The normalized spacial score (nSPS) is 30.4. The van der Waals surface area contributed by atoms with Gasteiger partial charge in [-0.1, -0.05) is 6.92 Å². The van der Waals surface area contributed by atoms with Crippen molar-refractivity contribution in [2.45, 2.75) is 19.8 Å². The highest BCUT2D eigenvalue weighted by molar-refractivity contribution is 7.91. The molecule has 0 unspecified atom stereocenters. The number of hydrogen-bond acceptors (Lipinski definition) is 4. The number of hydrogen-bond donors (Lipinski definition) is 0. The third kappa shape index (κ3) is 3.66. The van der Waals surface area contributed by atoms with Crippen molar-refractivity contribution in [1.29, 1.82) is 0 Å². The summed E-state index contributed by atoms with van der Waals surface area (Å²) in [5, 5.41) is 0. The van der Waals surface area contributed by atoms with E-state index in [2.05, 4.69) is 18.9 Å². The molecule has 4 nitrogen and oxygen atoms in total. The number of ether oxygens (including phenoxy) is 1. The summed E-state index contributed by atoms with van der Waals surface area (Å²) in [4.78, 5) is 2.31. The largest absolute Gasteiger partial charge is 0.380 e. The van der Waals surface area contributed by atoms with Crippen molar-refractivity contribution in [3.8, 4) is 0 Å². The minimum absolute atomic E-state index is 0.316. The Hall–Kier alpha value is -0.130. The molecule has 2 rings (SSSR count). The van der Waals surface area contributed by atoms with Crippen LogP contribution in [0.2, 0.25) is 0 Å². The molecule has 0 aromatic rings. The predicted octanol–water partition coefficient (Wildman–Crippen LogP) is 0.779. The van der Waals surface area contributed by atoms with Gasteiger partial charge in [0.2, 0.25) is 0 Å². The van der Waals surface area contributed by atoms with E-state index < -0.39 is 9.84 Å². The quantitative estimate of drug-likeness (QED) is 0.734. The van der Waals surface area contributed by atoms with E-state index in [1.165, 1.54) is 0 Å². The van der Waals surface area contributed by atoms with Gasteiger partial charge >= 0.3 is 0 Å². The van der Waals surface area contributed by atoms with Crippen molar-refractivity contribution in [3.05, 3.63) is 0 Å². The van der Waals surface area contributed by atoms with Gasteiger partial charge in [-0.25, -0.2) is 8.42 Å². The van der Waals surface area contributed by atoms with Crippen LogP contribution < -0.4 is 0 Å². The highest BCUT2D eigenvalue weighted by atomic mass is 32.2. The molecule has 0 saturated carbocycles. The Morgan fingerprint density at radius 3 is 2.59 bits per heavy atom. The maximum atomic E-state index is 11.3. The van der Waals surface area contributed by atoms with Crippen LogP contribution in [-0.2, 0) is 14.6 Å². The molecule has 2 aliphatic heterocycles. The first-order valence-electron chi connectivity index (χ1n) is 6.35. The lowest BCUT2D eigenvalue weighted by molar-refractivity contribution is -0.112. The molecule has 0 aromatic carbocycles. The fourth-order valence-corrected chi connectivity index (χ4v) is 4.69. The molecule has 0 aromatic heterocycles. The van der Waals surface area contributed by atoms with Crippen LogP contribution in [0.15, 0.2) is 0 Å². The molecule has 2 saturated heterocycles. The lowest BCUT2D eigenvalue weighted by atomic mass is 9.88. The van der Waals surface area contributed by atoms with Crippen LogP contribution in [0.3, 0.4) is 0 Å². The molecule has 0 N–H and O–H groups in total. The number of rotatable bonds is 5. The van der Waals surface area contributed by atoms with Crippen molar-refractivity contribution in [3.63, 3.8) is 0 Å². The second-order valence-electron chi connectivity index (χ2n) is 6.10. The number of nitrogens with zero attached hydrogens (tertiary/aromatic N) is 1. The van der Waals surface area contributed by atoms with Crippen molar-refractivity contribution < 1.29 is 13.2 Å². The van der Waals surface area contributed by atoms with Crippen LogP contribution in [0.5, 0.6) is 0 Å². The Morgan fingerprint density at radius 2 is 2.12 bits per heavy atom. The van der Waals surface area contributed by atoms with E-state index >= 15 is 0 Å². The van der Waals surface area contributed by atoms with Gasteiger partial charge in [0.05, 0.1) is 24.7 Å². The lowest BCUT2D eigenvalue weighted by Crippen LogP contribution is -2.48.